The van der Waals surface area contributed by atoms with Crippen molar-refractivity contribution in [2.75, 3.05) is 38.5 Å². The van der Waals surface area contributed by atoms with Gasteiger partial charge in [-0.25, -0.2) is 0 Å². The van der Waals surface area contributed by atoms with Gasteiger partial charge >= 0.3 is 0 Å². The van der Waals surface area contributed by atoms with Gasteiger partial charge in [-0.1, -0.05) is 60.7 Å². The predicted octanol–water partition coefficient (Wildman–Crippen LogP) is 7.29. The van der Waals surface area contributed by atoms with Gasteiger partial charge in [-0.05, 0) is 93.9 Å². The quantitative estimate of drug-likeness (QED) is 0.265. The Morgan fingerprint density at radius 1 is 0.875 bits per heavy atom. The molecule has 2 heterocycles. The van der Waals surface area contributed by atoms with Crippen molar-refractivity contribution in [3.8, 4) is 5.75 Å². The van der Waals surface area contributed by atoms with Crippen molar-refractivity contribution < 1.29 is 4.74 Å². The van der Waals surface area contributed by atoms with Crippen LogP contribution in [0, 0.1) is 26.7 Å². The monoisotopic (exact) mass is 605 g/mol. The Hall–Kier alpha value is -1.95. The second-order valence-electron chi connectivity index (χ2n) is 11.6. The Morgan fingerprint density at radius 3 is 1.98 bits per heavy atom. The van der Waals surface area contributed by atoms with Crippen LogP contribution in [0.25, 0.3) is 0 Å². The molecule has 0 spiro atoms. The largest absolute Gasteiger partial charge is 0.485 e. The number of nitrogen functional groups attached to an aromatic ring is 1. The molecule has 2 aliphatic rings. The minimum absolute atomic E-state index is 0. The molecule has 1 saturated heterocycles. The molecular formula is C33H46Cl3N3O. The van der Waals surface area contributed by atoms with Crippen molar-refractivity contribution in [2.45, 2.75) is 58.5 Å². The van der Waals surface area contributed by atoms with E-state index in [0.717, 1.165) is 62.1 Å². The predicted molar refractivity (Wildman–Crippen MR) is 176 cm³/mol. The molecule has 220 valence electrons. The number of nitrogens with zero attached hydrogens (tertiary/aromatic N) is 1. The van der Waals surface area contributed by atoms with Gasteiger partial charge in [-0.15, -0.1) is 37.2 Å². The summed E-state index contributed by atoms with van der Waals surface area (Å²) in [6.07, 6.45) is 3.42. The van der Waals surface area contributed by atoms with Crippen molar-refractivity contribution >= 4 is 42.9 Å². The smallest absolute Gasteiger partial charge is 0.127 e. The number of anilines is 1. The summed E-state index contributed by atoms with van der Waals surface area (Å²) in [4.78, 5) is 2.61. The van der Waals surface area contributed by atoms with E-state index in [4.69, 9.17) is 10.5 Å². The van der Waals surface area contributed by atoms with E-state index >= 15 is 0 Å². The Bertz CT molecular complexity index is 1140. The van der Waals surface area contributed by atoms with Crippen LogP contribution in [0.3, 0.4) is 0 Å². The van der Waals surface area contributed by atoms with Crippen LogP contribution in [0.5, 0.6) is 5.75 Å². The zero-order valence-corrected chi connectivity index (χ0v) is 26.7. The van der Waals surface area contributed by atoms with Crippen molar-refractivity contribution in [3.63, 3.8) is 0 Å². The molecule has 1 unspecified atom stereocenters. The third-order valence-corrected chi connectivity index (χ3v) is 8.79. The Kier molecular flexibility index (Phi) is 12.7. The highest BCUT2D eigenvalue weighted by molar-refractivity contribution is 5.86. The van der Waals surface area contributed by atoms with Crippen LogP contribution in [0.1, 0.15) is 59.1 Å². The fourth-order valence-electron chi connectivity index (χ4n) is 6.36. The molecule has 3 aromatic rings. The van der Waals surface area contributed by atoms with E-state index in [9.17, 15) is 0 Å². The summed E-state index contributed by atoms with van der Waals surface area (Å²) in [5, 5.41) is 3.83. The fourth-order valence-corrected chi connectivity index (χ4v) is 6.36. The minimum atomic E-state index is -0.179. The van der Waals surface area contributed by atoms with Crippen molar-refractivity contribution in [2.24, 2.45) is 5.92 Å². The van der Waals surface area contributed by atoms with Crippen LogP contribution in [0.4, 0.5) is 5.69 Å². The summed E-state index contributed by atoms with van der Waals surface area (Å²) < 4.78 is 6.64. The number of piperidine rings is 1. The molecule has 1 atom stereocenters. The van der Waals surface area contributed by atoms with E-state index < -0.39 is 0 Å². The molecule has 5 rings (SSSR count). The SMILES string of the molecule is Cc1c(C)c2c(c(C)c1N)CC(C)(CN1CCC(CNCC(c3ccccc3)c3ccccc3)CC1)O2.Cl.Cl.Cl. The van der Waals surface area contributed by atoms with E-state index in [1.807, 2.05) is 0 Å². The van der Waals surface area contributed by atoms with Gasteiger partial charge in [0.1, 0.15) is 11.4 Å². The summed E-state index contributed by atoms with van der Waals surface area (Å²) in [5.41, 5.74) is 14.8. The van der Waals surface area contributed by atoms with Gasteiger partial charge in [-0.3, -0.25) is 4.90 Å². The summed E-state index contributed by atoms with van der Waals surface area (Å²) in [6, 6.07) is 21.8. The number of hydrogen-bond acceptors (Lipinski definition) is 4. The molecule has 2 aliphatic heterocycles. The first kappa shape index (κ1) is 34.3. The molecule has 0 aliphatic carbocycles. The van der Waals surface area contributed by atoms with Crippen LogP contribution < -0.4 is 15.8 Å². The zero-order valence-electron chi connectivity index (χ0n) is 24.2. The van der Waals surface area contributed by atoms with Gasteiger partial charge in [-0.2, -0.15) is 0 Å². The maximum Gasteiger partial charge on any atom is 0.127 e. The van der Waals surface area contributed by atoms with Crippen LogP contribution >= 0.6 is 37.2 Å². The fraction of sp³-hybridized carbons (Fsp3) is 0.455. The van der Waals surface area contributed by atoms with Crippen molar-refractivity contribution in [1.29, 1.82) is 0 Å². The average molecular weight is 607 g/mol. The lowest BCUT2D eigenvalue weighted by Crippen LogP contribution is -2.48. The first-order valence-electron chi connectivity index (χ1n) is 13.9. The van der Waals surface area contributed by atoms with Gasteiger partial charge in [0.05, 0.1) is 0 Å². The molecule has 3 aromatic carbocycles. The second-order valence-corrected chi connectivity index (χ2v) is 11.6. The first-order valence-corrected chi connectivity index (χ1v) is 13.9. The lowest BCUT2D eigenvalue weighted by atomic mass is 9.90. The molecule has 0 bridgehead atoms. The molecule has 4 nitrogen and oxygen atoms in total. The van der Waals surface area contributed by atoms with E-state index in [1.54, 1.807) is 0 Å². The third kappa shape index (κ3) is 7.46. The summed E-state index contributed by atoms with van der Waals surface area (Å²) in [7, 11) is 0. The highest BCUT2D eigenvalue weighted by atomic mass is 35.5. The summed E-state index contributed by atoms with van der Waals surface area (Å²) in [5.74, 6) is 2.19. The topological polar surface area (TPSA) is 50.5 Å². The molecule has 0 saturated carbocycles. The normalized spacial score (nSPS) is 18.7. The maximum absolute atomic E-state index is 6.64. The highest BCUT2D eigenvalue weighted by Gasteiger charge is 2.39. The van der Waals surface area contributed by atoms with E-state index in [1.165, 1.54) is 40.7 Å². The molecule has 0 aromatic heterocycles. The van der Waals surface area contributed by atoms with Gasteiger partial charge in [0.15, 0.2) is 0 Å². The molecule has 0 radical (unpaired) electrons. The number of rotatable bonds is 8. The molecule has 7 heteroatoms. The number of fused-ring (bicyclic) bond motifs is 1. The number of halogens is 3. The van der Waals surface area contributed by atoms with Gasteiger partial charge in [0, 0.05) is 36.7 Å². The number of ether oxygens (including phenoxy) is 1. The molecule has 0 amide bonds. The third-order valence-electron chi connectivity index (χ3n) is 8.79. The van der Waals surface area contributed by atoms with E-state index in [0.29, 0.717) is 5.92 Å². The lowest BCUT2D eigenvalue weighted by Gasteiger charge is -2.37. The Balaban J connectivity index is 0.00000187. The lowest BCUT2D eigenvalue weighted by molar-refractivity contribution is 0.0474. The first-order chi connectivity index (χ1) is 17.8. The van der Waals surface area contributed by atoms with E-state index in [2.05, 4.69) is 98.6 Å². The molecule has 1 fully saturated rings. The number of benzene rings is 3. The summed E-state index contributed by atoms with van der Waals surface area (Å²) >= 11 is 0. The number of nitrogens with one attached hydrogen (secondary N) is 1. The van der Waals surface area contributed by atoms with Crippen LogP contribution in [-0.4, -0.2) is 43.2 Å². The minimum Gasteiger partial charge on any atom is -0.485 e. The van der Waals surface area contributed by atoms with Crippen molar-refractivity contribution in [1.82, 2.24) is 10.2 Å². The number of likely N-dealkylation sites (tertiary alicyclic amines) is 1. The molecular weight excluding hydrogens is 561 g/mol. The highest BCUT2D eigenvalue weighted by Crippen LogP contribution is 2.44. The van der Waals surface area contributed by atoms with Gasteiger partial charge in [0.2, 0.25) is 0 Å². The number of nitrogens with two attached hydrogens (primary N) is 1. The molecule has 40 heavy (non-hydrogen) atoms. The van der Waals surface area contributed by atoms with Crippen LogP contribution in [0.2, 0.25) is 0 Å². The van der Waals surface area contributed by atoms with Gasteiger partial charge in [0.25, 0.3) is 0 Å². The van der Waals surface area contributed by atoms with Crippen molar-refractivity contribution in [3.05, 3.63) is 94.0 Å². The number of hydrogen-bond donors (Lipinski definition) is 2. The average Bonchev–Trinajstić information content (AvgIpc) is 3.28. The zero-order chi connectivity index (χ0) is 26.0. The van der Waals surface area contributed by atoms with Crippen LogP contribution in [-0.2, 0) is 6.42 Å². The molecule has 3 N–H and O–H groups in total. The second kappa shape index (κ2) is 14.8. The maximum atomic E-state index is 6.64. The van der Waals surface area contributed by atoms with Gasteiger partial charge < -0.3 is 15.8 Å². The Labute approximate surface area is 259 Å². The standard InChI is InChI=1S/C33H43N3O.3ClH/c1-23-24(2)32-29(25(3)31(23)34)19-33(4,37-32)22-36-17-15-26(16-18-36)20-35-21-30(27-11-7-5-8-12-27)28-13-9-6-10-14-28;;;/h5-14,26,30,35H,15-22,34H2,1-4H3;3*1H. The summed E-state index contributed by atoms with van der Waals surface area (Å²) in [6.45, 7) is 14.0. The van der Waals surface area contributed by atoms with Crippen LogP contribution in [0.15, 0.2) is 60.7 Å². The van der Waals surface area contributed by atoms with E-state index in [-0.39, 0.29) is 42.8 Å². The Morgan fingerprint density at radius 2 is 1.43 bits per heavy atom.